The summed E-state index contributed by atoms with van der Waals surface area (Å²) < 4.78 is 0. The molecule has 3 N–H and O–H groups in total. The van der Waals surface area contributed by atoms with E-state index in [1.807, 2.05) is 36.4 Å². The van der Waals surface area contributed by atoms with Crippen molar-refractivity contribution in [3.05, 3.63) is 42.5 Å². The highest BCUT2D eigenvalue weighted by Crippen LogP contribution is 2.24. The van der Waals surface area contributed by atoms with Gasteiger partial charge >= 0.3 is 6.03 Å². The van der Waals surface area contributed by atoms with Crippen LogP contribution in [-0.4, -0.2) is 34.0 Å². The molecule has 2 aromatic rings. The molecule has 1 saturated carbocycles. The van der Waals surface area contributed by atoms with E-state index in [2.05, 4.69) is 20.8 Å². The minimum absolute atomic E-state index is 0.0142. The Morgan fingerprint density at radius 3 is 2.58 bits per heavy atom. The largest absolute Gasteiger partial charge is 0.396 e. The minimum Gasteiger partial charge on any atom is -0.396 e. The van der Waals surface area contributed by atoms with Gasteiger partial charge in [0.05, 0.1) is 5.69 Å². The lowest BCUT2D eigenvalue weighted by atomic mass is 9.85. The number of aromatic nitrogens is 2. The molecule has 126 valence electrons. The minimum atomic E-state index is -0.304. The van der Waals surface area contributed by atoms with Crippen LogP contribution in [0.3, 0.4) is 0 Å². The van der Waals surface area contributed by atoms with Crippen LogP contribution in [0.15, 0.2) is 42.5 Å². The van der Waals surface area contributed by atoms with Crippen LogP contribution in [0.2, 0.25) is 0 Å². The highest BCUT2D eigenvalue weighted by molar-refractivity contribution is 5.88. The average molecular weight is 326 g/mol. The topological polar surface area (TPSA) is 87.1 Å². The number of carbonyl (C=O) groups excluding carboxylic acids is 1. The summed E-state index contributed by atoms with van der Waals surface area (Å²) in [5, 5.41) is 23.3. The Kier molecular flexibility index (Phi) is 5.38. The molecular formula is C18H22N4O2. The quantitative estimate of drug-likeness (QED) is 0.806. The Balaban J connectivity index is 1.58. The molecule has 1 aliphatic carbocycles. The number of hydrogen-bond donors (Lipinski definition) is 3. The summed E-state index contributed by atoms with van der Waals surface area (Å²) in [6.07, 6.45) is 4.04. The number of carbonyl (C=O) groups is 1. The number of aliphatic hydroxyl groups excluding tert-OH is 1. The maximum Gasteiger partial charge on any atom is 0.320 e. The van der Waals surface area contributed by atoms with Crippen LogP contribution in [0.4, 0.5) is 10.6 Å². The summed E-state index contributed by atoms with van der Waals surface area (Å²) >= 11 is 0. The Morgan fingerprint density at radius 2 is 1.88 bits per heavy atom. The van der Waals surface area contributed by atoms with E-state index in [1.54, 1.807) is 6.07 Å². The van der Waals surface area contributed by atoms with Crippen LogP contribution in [0.25, 0.3) is 11.3 Å². The first-order valence-electron chi connectivity index (χ1n) is 8.34. The van der Waals surface area contributed by atoms with E-state index in [0.29, 0.717) is 5.82 Å². The fraction of sp³-hybridized carbons (Fsp3) is 0.389. The summed E-state index contributed by atoms with van der Waals surface area (Å²) in [7, 11) is 0. The fourth-order valence-electron chi connectivity index (χ4n) is 3.10. The number of nitrogens with zero attached hydrogens (tertiary/aromatic N) is 2. The second kappa shape index (κ2) is 7.88. The SMILES string of the molecule is O=C(Nc1ccc(-c2ccccc2)nn1)NC1CCCCC1CO. The molecule has 1 aromatic heterocycles. The van der Waals surface area contributed by atoms with Gasteiger partial charge in [0.1, 0.15) is 0 Å². The zero-order chi connectivity index (χ0) is 16.8. The number of rotatable bonds is 4. The predicted octanol–water partition coefficient (Wildman–Crippen LogP) is 2.82. The molecule has 6 heteroatoms. The third kappa shape index (κ3) is 4.08. The van der Waals surface area contributed by atoms with E-state index >= 15 is 0 Å². The maximum atomic E-state index is 12.1. The Hall–Kier alpha value is -2.47. The molecule has 1 heterocycles. The van der Waals surface area contributed by atoms with Crippen molar-refractivity contribution < 1.29 is 9.90 Å². The Morgan fingerprint density at radius 1 is 1.08 bits per heavy atom. The molecule has 0 bridgehead atoms. The third-order valence-corrected chi connectivity index (χ3v) is 4.44. The maximum absolute atomic E-state index is 12.1. The molecular weight excluding hydrogens is 304 g/mol. The lowest BCUT2D eigenvalue weighted by Gasteiger charge is -2.30. The van der Waals surface area contributed by atoms with Gasteiger partial charge in [-0.2, -0.15) is 0 Å². The molecule has 1 aromatic carbocycles. The van der Waals surface area contributed by atoms with Crippen molar-refractivity contribution in [2.45, 2.75) is 31.7 Å². The second-order valence-corrected chi connectivity index (χ2v) is 6.10. The fourth-order valence-corrected chi connectivity index (χ4v) is 3.10. The average Bonchev–Trinajstić information content (AvgIpc) is 2.63. The molecule has 2 atom stereocenters. The van der Waals surface area contributed by atoms with Crippen molar-refractivity contribution in [1.29, 1.82) is 0 Å². The van der Waals surface area contributed by atoms with Gasteiger partial charge < -0.3 is 10.4 Å². The van der Waals surface area contributed by atoms with Gasteiger partial charge in [-0.25, -0.2) is 4.79 Å². The molecule has 3 rings (SSSR count). The summed E-state index contributed by atoms with van der Waals surface area (Å²) in [4.78, 5) is 12.1. The van der Waals surface area contributed by atoms with E-state index in [-0.39, 0.29) is 24.6 Å². The van der Waals surface area contributed by atoms with Gasteiger partial charge in [-0.1, -0.05) is 43.2 Å². The first-order chi connectivity index (χ1) is 11.8. The molecule has 0 radical (unpaired) electrons. The van der Waals surface area contributed by atoms with E-state index in [0.717, 1.165) is 36.9 Å². The number of aliphatic hydroxyl groups is 1. The van der Waals surface area contributed by atoms with Gasteiger partial charge in [0.2, 0.25) is 0 Å². The van der Waals surface area contributed by atoms with Gasteiger partial charge in [-0.05, 0) is 25.0 Å². The molecule has 0 spiro atoms. The lowest BCUT2D eigenvalue weighted by molar-refractivity contribution is 0.156. The van der Waals surface area contributed by atoms with Crippen molar-refractivity contribution in [2.75, 3.05) is 11.9 Å². The number of nitrogens with one attached hydrogen (secondary N) is 2. The summed E-state index contributed by atoms with van der Waals surface area (Å²) in [5.74, 6) is 0.541. The van der Waals surface area contributed by atoms with Crippen LogP contribution < -0.4 is 10.6 Å². The molecule has 24 heavy (non-hydrogen) atoms. The summed E-state index contributed by atoms with van der Waals surface area (Å²) in [6, 6.07) is 13.0. The van der Waals surface area contributed by atoms with Crippen LogP contribution >= 0.6 is 0 Å². The Labute approximate surface area is 141 Å². The van der Waals surface area contributed by atoms with Crippen molar-refractivity contribution in [2.24, 2.45) is 5.92 Å². The summed E-state index contributed by atoms with van der Waals surface area (Å²) in [6.45, 7) is 0.108. The van der Waals surface area contributed by atoms with E-state index in [4.69, 9.17) is 0 Å². The molecule has 2 unspecified atom stereocenters. The highest BCUT2D eigenvalue weighted by atomic mass is 16.3. The van der Waals surface area contributed by atoms with E-state index in [1.165, 1.54) is 0 Å². The lowest BCUT2D eigenvalue weighted by Crippen LogP contribution is -2.45. The molecule has 1 aliphatic rings. The van der Waals surface area contributed by atoms with Crippen molar-refractivity contribution in [3.63, 3.8) is 0 Å². The Bertz CT molecular complexity index is 660. The molecule has 6 nitrogen and oxygen atoms in total. The van der Waals surface area contributed by atoms with Crippen LogP contribution in [-0.2, 0) is 0 Å². The van der Waals surface area contributed by atoms with Gasteiger partial charge in [0, 0.05) is 24.1 Å². The number of benzene rings is 1. The number of hydrogen-bond acceptors (Lipinski definition) is 4. The molecule has 2 amide bonds. The number of amides is 2. The summed E-state index contributed by atoms with van der Waals surface area (Å²) in [5.41, 5.74) is 1.74. The van der Waals surface area contributed by atoms with Crippen LogP contribution in [0.5, 0.6) is 0 Å². The van der Waals surface area contributed by atoms with Gasteiger partial charge in [0.25, 0.3) is 0 Å². The number of urea groups is 1. The van der Waals surface area contributed by atoms with E-state index in [9.17, 15) is 9.90 Å². The normalized spacial score (nSPS) is 20.4. The monoisotopic (exact) mass is 326 g/mol. The second-order valence-electron chi connectivity index (χ2n) is 6.10. The molecule has 0 saturated heterocycles. The standard InChI is InChI=1S/C18H22N4O2/c23-12-14-8-4-5-9-15(14)19-18(24)20-17-11-10-16(21-22-17)13-6-2-1-3-7-13/h1-3,6-7,10-11,14-15,23H,4-5,8-9,12H2,(H2,19,20,22,24). The van der Waals surface area contributed by atoms with E-state index < -0.39 is 0 Å². The molecule has 0 aliphatic heterocycles. The van der Waals surface area contributed by atoms with Crippen molar-refractivity contribution in [1.82, 2.24) is 15.5 Å². The van der Waals surface area contributed by atoms with Crippen LogP contribution in [0, 0.1) is 5.92 Å². The zero-order valence-electron chi connectivity index (χ0n) is 13.5. The highest BCUT2D eigenvalue weighted by Gasteiger charge is 2.25. The predicted molar refractivity (Wildman–Crippen MR) is 92.5 cm³/mol. The van der Waals surface area contributed by atoms with Crippen LogP contribution in [0.1, 0.15) is 25.7 Å². The van der Waals surface area contributed by atoms with Crippen molar-refractivity contribution >= 4 is 11.8 Å². The van der Waals surface area contributed by atoms with Crippen molar-refractivity contribution in [3.8, 4) is 11.3 Å². The van der Waals surface area contributed by atoms with Gasteiger partial charge in [-0.3, -0.25) is 5.32 Å². The third-order valence-electron chi connectivity index (χ3n) is 4.44. The molecule has 1 fully saturated rings. The zero-order valence-corrected chi connectivity index (χ0v) is 13.5. The first kappa shape index (κ1) is 16.4. The van der Waals surface area contributed by atoms with Gasteiger partial charge in [-0.15, -0.1) is 10.2 Å². The first-order valence-corrected chi connectivity index (χ1v) is 8.34. The number of anilines is 1. The smallest absolute Gasteiger partial charge is 0.320 e. The van der Waals surface area contributed by atoms with Gasteiger partial charge in [0.15, 0.2) is 5.82 Å².